The highest BCUT2D eigenvalue weighted by atomic mass is 79.9. The number of carbonyl (C=O) groups excluding carboxylic acids is 3. The van der Waals surface area contributed by atoms with Crippen molar-refractivity contribution in [3.05, 3.63) is 70.3 Å². The molecular weight excluding hydrogens is 386 g/mol. The third-order valence-electron chi connectivity index (χ3n) is 3.48. The van der Waals surface area contributed by atoms with Crippen molar-refractivity contribution >= 4 is 45.5 Å². The molecule has 1 aliphatic heterocycles. The zero-order valence-corrected chi connectivity index (χ0v) is 14.6. The SMILES string of the molecule is O=C(CN1C(=O)N/C(=C\c2cccc(Br)c2)C1=O)Nc1ccccc1. The number of imide groups is 1. The minimum Gasteiger partial charge on any atom is -0.325 e. The summed E-state index contributed by atoms with van der Waals surface area (Å²) in [6, 6.07) is 15.5. The normalized spacial score (nSPS) is 15.4. The molecule has 0 spiro atoms. The minimum absolute atomic E-state index is 0.135. The van der Waals surface area contributed by atoms with Gasteiger partial charge in [-0.1, -0.05) is 46.3 Å². The van der Waals surface area contributed by atoms with Crippen LogP contribution in [0.1, 0.15) is 5.56 Å². The number of carbonyl (C=O) groups is 3. The second-order valence-corrected chi connectivity index (χ2v) is 6.26. The molecule has 1 saturated heterocycles. The Morgan fingerprint density at radius 1 is 1.12 bits per heavy atom. The van der Waals surface area contributed by atoms with Crippen molar-refractivity contribution in [2.45, 2.75) is 0 Å². The smallest absolute Gasteiger partial charge is 0.325 e. The molecule has 0 bridgehead atoms. The van der Waals surface area contributed by atoms with E-state index in [1.807, 2.05) is 30.3 Å². The molecular formula is C18H14BrN3O3. The van der Waals surface area contributed by atoms with Gasteiger partial charge in [-0.05, 0) is 35.9 Å². The number of benzene rings is 2. The average Bonchev–Trinajstić information content (AvgIpc) is 2.83. The predicted octanol–water partition coefficient (Wildman–Crippen LogP) is 2.98. The van der Waals surface area contributed by atoms with E-state index < -0.39 is 17.8 Å². The Bertz CT molecular complexity index is 865. The van der Waals surface area contributed by atoms with Gasteiger partial charge in [-0.25, -0.2) is 9.69 Å². The molecule has 2 aromatic rings. The summed E-state index contributed by atoms with van der Waals surface area (Å²) in [6.07, 6.45) is 1.57. The van der Waals surface area contributed by atoms with Crippen LogP contribution in [0.5, 0.6) is 0 Å². The summed E-state index contributed by atoms with van der Waals surface area (Å²) in [7, 11) is 0. The molecule has 0 aliphatic carbocycles. The van der Waals surface area contributed by atoms with Crippen molar-refractivity contribution in [1.82, 2.24) is 10.2 Å². The highest BCUT2D eigenvalue weighted by molar-refractivity contribution is 9.10. The molecule has 7 heteroatoms. The summed E-state index contributed by atoms with van der Waals surface area (Å²) >= 11 is 3.35. The molecule has 1 aliphatic rings. The fourth-order valence-electron chi connectivity index (χ4n) is 2.34. The Morgan fingerprint density at radius 3 is 2.60 bits per heavy atom. The first-order valence-electron chi connectivity index (χ1n) is 7.48. The van der Waals surface area contributed by atoms with Crippen LogP contribution < -0.4 is 10.6 Å². The summed E-state index contributed by atoms with van der Waals surface area (Å²) < 4.78 is 0.859. The van der Waals surface area contributed by atoms with Crippen LogP contribution in [-0.2, 0) is 9.59 Å². The molecule has 6 nitrogen and oxygen atoms in total. The molecule has 2 aromatic carbocycles. The van der Waals surface area contributed by atoms with E-state index in [2.05, 4.69) is 26.6 Å². The number of nitrogens with one attached hydrogen (secondary N) is 2. The van der Waals surface area contributed by atoms with Gasteiger partial charge < -0.3 is 10.6 Å². The van der Waals surface area contributed by atoms with Crippen LogP contribution >= 0.6 is 15.9 Å². The van der Waals surface area contributed by atoms with Crippen LogP contribution in [-0.4, -0.2) is 29.3 Å². The lowest BCUT2D eigenvalue weighted by atomic mass is 10.2. The summed E-state index contributed by atoms with van der Waals surface area (Å²) in [5.41, 5.74) is 1.49. The van der Waals surface area contributed by atoms with Crippen LogP contribution in [0.2, 0.25) is 0 Å². The van der Waals surface area contributed by atoms with E-state index in [-0.39, 0.29) is 12.2 Å². The number of halogens is 1. The Labute approximate surface area is 152 Å². The maximum absolute atomic E-state index is 12.4. The zero-order valence-electron chi connectivity index (χ0n) is 13.0. The van der Waals surface area contributed by atoms with Gasteiger partial charge in [0.05, 0.1) is 0 Å². The number of nitrogens with zero attached hydrogens (tertiary/aromatic N) is 1. The van der Waals surface area contributed by atoms with Gasteiger partial charge in [-0.15, -0.1) is 0 Å². The molecule has 3 rings (SSSR count). The molecule has 0 saturated carbocycles. The standard InChI is InChI=1S/C18H14BrN3O3/c19-13-6-4-5-12(9-13)10-15-17(24)22(18(25)21-15)11-16(23)20-14-7-2-1-3-8-14/h1-10H,11H2,(H,20,23)(H,21,25)/b15-10-. The van der Waals surface area contributed by atoms with Gasteiger partial charge in [0.15, 0.2) is 0 Å². The van der Waals surface area contributed by atoms with E-state index in [9.17, 15) is 14.4 Å². The van der Waals surface area contributed by atoms with Crippen LogP contribution in [0.4, 0.5) is 10.5 Å². The molecule has 25 heavy (non-hydrogen) atoms. The number of para-hydroxylation sites is 1. The third kappa shape index (κ3) is 4.13. The Balaban J connectivity index is 1.70. The van der Waals surface area contributed by atoms with Gasteiger partial charge in [0, 0.05) is 10.2 Å². The van der Waals surface area contributed by atoms with Crippen molar-refractivity contribution < 1.29 is 14.4 Å². The Hall–Kier alpha value is -2.93. The van der Waals surface area contributed by atoms with Crippen molar-refractivity contribution in [3.8, 4) is 0 Å². The highest BCUT2D eigenvalue weighted by Gasteiger charge is 2.34. The topological polar surface area (TPSA) is 78.5 Å². The van der Waals surface area contributed by atoms with Gasteiger partial charge in [-0.3, -0.25) is 9.59 Å². The average molecular weight is 400 g/mol. The fraction of sp³-hybridized carbons (Fsp3) is 0.0556. The number of rotatable bonds is 4. The predicted molar refractivity (Wildman–Crippen MR) is 97.4 cm³/mol. The maximum atomic E-state index is 12.4. The van der Waals surface area contributed by atoms with Crippen LogP contribution in [0.3, 0.4) is 0 Å². The van der Waals surface area contributed by atoms with E-state index in [4.69, 9.17) is 0 Å². The summed E-state index contributed by atoms with van der Waals surface area (Å²) in [4.78, 5) is 37.3. The zero-order chi connectivity index (χ0) is 17.8. The summed E-state index contributed by atoms with van der Waals surface area (Å²) in [5, 5.41) is 5.14. The molecule has 1 fully saturated rings. The molecule has 0 aromatic heterocycles. The van der Waals surface area contributed by atoms with Gasteiger partial charge in [0.25, 0.3) is 5.91 Å². The highest BCUT2D eigenvalue weighted by Crippen LogP contribution is 2.17. The first kappa shape index (κ1) is 16.9. The second kappa shape index (κ2) is 7.31. The minimum atomic E-state index is -0.616. The van der Waals surface area contributed by atoms with Crippen LogP contribution in [0, 0.1) is 0 Å². The largest absolute Gasteiger partial charge is 0.329 e. The molecule has 0 unspecified atom stereocenters. The number of amides is 4. The third-order valence-corrected chi connectivity index (χ3v) is 3.97. The maximum Gasteiger partial charge on any atom is 0.329 e. The Morgan fingerprint density at radius 2 is 1.88 bits per heavy atom. The number of hydrogen-bond acceptors (Lipinski definition) is 3. The first-order chi connectivity index (χ1) is 12.0. The van der Waals surface area contributed by atoms with Gasteiger partial charge >= 0.3 is 6.03 Å². The summed E-state index contributed by atoms with van der Waals surface area (Å²) in [6.45, 7) is -0.352. The van der Waals surface area contributed by atoms with Crippen LogP contribution in [0.15, 0.2) is 64.8 Å². The van der Waals surface area contributed by atoms with Crippen molar-refractivity contribution in [3.63, 3.8) is 0 Å². The van der Waals surface area contributed by atoms with E-state index in [1.54, 1.807) is 30.3 Å². The molecule has 4 amide bonds. The number of anilines is 1. The van der Waals surface area contributed by atoms with Crippen molar-refractivity contribution in [2.75, 3.05) is 11.9 Å². The summed E-state index contributed by atoms with van der Waals surface area (Å²) in [5.74, 6) is -0.980. The molecule has 126 valence electrons. The molecule has 0 atom stereocenters. The lowest BCUT2D eigenvalue weighted by Crippen LogP contribution is -2.38. The monoisotopic (exact) mass is 399 g/mol. The van der Waals surface area contributed by atoms with Gasteiger partial charge in [0.1, 0.15) is 12.2 Å². The number of hydrogen-bond donors (Lipinski definition) is 2. The van der Waals surface area contributed by atoms with Gasteiger partial charge in [-0.2, -0.15) is 0 Å². The van der Waals surface area contributed by atoms with E-state index >= 15 is 0 Å². The fourth-order valence-corrected chi connectivity index (χ4v) is 2.76. The van der Waals surface area contributed by atoms with Crippen molar-refractivity contribution in [2.24, 2.45) is 0 Å². The van der Waals surface area contributed by atoms with E-state index in [1.165, 1.54) is 0 Å². The van der Waals surface area contributed by atoms with E-state index in [0.717, 1.165) is 14.9 Å². The van der Waals surface area contributed by atoms with Crippen molar-refractivity contribution in [1.29, 1.82) is 0 Å². The quantitative estimate of drug-likeness (QED) is 0.612. The first-order valence-corrected chi connectivity index (χ1v) is 8.27. The molecule has 1 heterocycles. The lowest BCUT2D eigenvalue weighted by Gasteiger charge is -2.11. The Kier molecular flexibility index (Phi) is 4.95. The second-order valence-electron chi connectivity index (χ2n) is 5.35. The van der Waals surface area contributed by atoms with Crippen LogP contribution in [0.25, 0.3) is 6.08 Å². The van der Waals surface area contributed by atoms with Gasteiger partial charge in [0.2, 0.25) is 5.91 Å². The number of urea groups is 1. The van der Waals surface area contributed by atoms with E-state index in [0.29, 0.717) is 5.69 Å². The molecule has 2 N–H and O–H groups in total. The lowest BCUT2D eigenvalue weighted by molar-refractivity contribution is -0.127. The molecule has 0 radical (unpaired) electrons.